The van der Waals surface area contributed by atoms with Crippen molar-refractivity contribution in [3.63, 3.8) is 0 Å². The molecule has 34 heavy (non-hydrogen) atoms. The van der Waals surface area contributed by atoms with E-state index in [1.807, 2.05) is 38.2 Å². The number of allylic oxidation sites excluding steroid dienone is 3. The quantitative estimate of drug-likeness (QED) is 0.272. The normalized spacial score (nSPS) is 20.9. The molecule has 0 aromatic heterocycles. The second-order valence-corrected chi connectivity index (χ2v) is 9.60. The Bertz CT molecular complexity index is 899. The molecule has 1 aliphatic heterocycles. The number of hydrazine groups is 1. The van der Waals surface area contributed by atoms with Gasteiger partial charge in [0.15, 0.2) is 0 Å². The fourth-order valence-corrected chi connectivity index (χ4v) is 4.94. The number of hydrogen-bond acceptors (Lipinski definition) is 4. The molecule has 6 heteroatoms. The van der Waals surface area contributed by atoms with Crippen molar-refractivity contribution in [2.24, 2.45) is 0 Å². The lowest BCUT2D eigenvalue weighted by Gasteiger charge is -2.43. The van der Waals surface area contributed by atoms with E-state index < -0.39 is 5.54 Å². The lowest BCUT2D eigenvalue weighted by Crippen LogP contribution is -2.56. The number of amides is 1. The van der Waals surface area contributed by atoms with E-state index in [1.54, 1.807) is 0 Å². The SMILES string of the molecule is C/C=C\C/C(=C\C)CC1CC(C)N(NC)/C(=C(\C)C(=O)NC(CC)(CC)c2ccc(Cl)cc2)N1. The van der Waals surface area contributed by atoms with Gasteiger partial charge in [0.25, 0.3) is 5.91 Å². The zero-order valence-corrected chi connectivity index (χ0v) is 22.7. The van der Waals surface area contributed by atoms with Crippen LogP contribution < -0.4 is 16.1 Å². The van der Waals surface area contributed by atoms with Crippen molar-refractivity contribution in [2.75, 3.05) is 7.05 Å². The van der Waals surface area contributed by atoms with E-state index >= 15 is 0 Å². The molecule has 1 amide bonds. The summed E-state index contributed by atoms with van der Waals surface area (Å²) in [6.07, 6.45) is 11.0. The van der Waals surface area contributed by atoms with Crippen LogP contribution in [0.5, 0.6) is 0 Å². The molecular formula is C28H43ClN4O. The molecule has 1 fully saturated rings. The highest BCUT2D eigenvalue weighted by Crippen LogP contribution is 2.31. The minimum Gasteiger partial charge on any atom is -0.367 e. The van der Waals surface area contributed by atoms with Crippen molar-refractivity contribution in [3.8, 4) is 0 Å². The Morgan fingerprint density at radius 2 is 1.88 bits per heavy atom. The zero-order chi connectivity index (χ0) is 25.3. The fourth-order valence-electron chi connectivity index (χ4n) is 4.81. The van der Waals surface area contributed by atoms with Crippen LogP contribution in [0.3, 0.4) is 0 Å². The van der Waals surface area contributed by atoms with Gasteiger partial charge in [-0.05, 0) is 77.5 Å². The maximum absolute atomic E-state index is 13.6. The molecule has 5 nitrogen and oxygen atoms in total. The summed E-state index contributed by atoms with van der Waals surface area (Å²) in [6.45, 7) is 12.5. The average molecular weight is 487 g/mol. The third kappa shape index (κ3) is 6.67. The summed E-state index contributed by atoms with van der Waals surface area (Å²) in [5, 5.41) is 9.81. The highest BCUT2D eigenvalue weighted by molar-refractivity contribution is 6.30. The first-order chi connectivity index (χ1) is 16.2. The van der Waals surface area contributed by atoms with Gasteiger partial charge in [-0.25, -0.2) is 5.43 Å². The van der Waals surface area contributed by atoms with Gasteiger partial charge >= 0.3 is 0 Å². The first-order valence-corrected chi connectivity index (χ1v) is 12.9. The van der Waals surface area contributed by atoms with Gasteiger partial charge in [-0.2, -0.15) is 0 Å². The molecule has 1 aromatic carbocycles. The van der Waals surface area contributed by atoms with Gasteiger partial charge in [-0.1, -0.05) is 61.4 Å². The maximum Gasteiger partial charge on any atom is 0.251 e. The predicted octanol–water partition coefficient (Wildman–Crippen LogP) is 6.19. The first-order valence-electron chi connectivity index (χ1n) is 12.5. The average Bonchev–Trinajstić information content (AvgIpc) is 2.84. The Morgan fingerprint density at radius 3 is 2.41 bits per heavy atom. The van der Waals surface area contributed by atoms with Crippen LogP contribution >= 0.6 is 11.6 Å². The van der Waals surface area contributed by atoms with Gasteiger partial charge in [0, 0.05) is 24.2 Å². The molecule has 188 valence electrons. The molecule has 0 spiro atoms. The first kappa shape index (κ1) is 28.0. The predicted molar refractivity (Wildman–Crippen MR) is 144 cm³/mol. The molecule has 0 saturated carbocycles. The summed E-state index contributed by atoms with van der Waals surface area (Å²) < 4.78 is 0. The monoisotopic (exact) mass is 486 g/mol. The Balaban J connectivity index is 2.33. The number of benzene rings is 1. The second kappa shape index (κ2) is 13.0. The molecular weight excluding hydrogens is 444 g/mol. The van der Waals surface area contributed by atoms with Crippen molar-refractivity contribution in [1.29, 1.82) is 0 Å². The van der Waals surface area contributed by atoms with Gasteiger partial charge < -0.3 is 10.6 Å². The van der Waals surface area contributed by atoms with E-state index in [0.29, 0.717) is 10.6 Å². The number of hydrogen-bond donors (Lipinski definition) is 3. The summed E-state index contributed by atoms with van der Waals surface area (Å²) in [7, 11) is 1.91. The van der Waals surface area contributed by atoms with E-state index in [4.69, 9.17) is 11.6 Å². The molecule has 1 heterocycles. The molecule has 1 saturated heterocycles. The highest BCUT2D eigenvalue weighted by Gasteiger charge is 2.34. The van der Waals surface area contributed by atoms with Crippen LogP contribution in [0.1, 0.15) is 79.2 Å². The smallest absolute Gasteiger partial charge is 0.251 e. The molecule has 1 aliphatic rings. The molecule has 0 radical (unpaired) electrons. The van der Waals surface area contributed by atoms with E-state index in [1.165, 1.54) is 5.57 Å². The van der Waals surface area contributed by atoms with Gasteiger partial charge in [-0.3, -0.25) is 9.80 Å². The van der Waals surface area contributed by atoms with Gasteiger partial charge in [0.1, 0.15) is 5.82 Å². The number of carbonyl (C=O) groups excluding carboxylic acids is 1. The summed E-state index contributed by atoms with van der Waals surface area (Å²) >= 11 is 6.12. The number of nitrogens with zero attached hydrogens (tertiary/aromatic N) is 1. The number of halogens is 1. The summed E-state index contributed by atoms with van der Waals surface area (Å²) in [5.41, 5.74) is 5.99. The van der Waals surface area contributed by atoms with Gasteiger partial charge in [0.05, 0.1) is 11.1 Å². The molecule has 0 bridgehead atoms. The largest absolute Gasteiger partial charge is 0.367 e. The van der Waals surface area contributed by atoms with E-state index in [-0.39, 0.29) is 18.0 Å². The third-order valence-electron chi connectivity index (χ3n) is 7.07. The van der Waals surface area contributed by atoms with Crippen LogP contribution in [0.15, 0.2) is 59.5 Å². The Kier molecular flexibility index (Phi) is 10.7. The van der Waals surface area contributed by atoms with Crippen molar-refractivity contribution in [3.05, 3.63) is 70.0 Å². The van der Waals surface area contributed by atoms with Crippen LogP contribution in [0.25, 0.3) is 0 Å². The van der Waals surface area contributed by atoms with Crippen LogP contribution in [0.4, 0.5) is 0 Å². The Labute approximate surface area is 211 Å². The van der Waals surface area contributed by atoms with Crippen molar-refractivity contribution >= 4 is 17.5 Å². The minimum atomic E-state index is -0.446. The number of rotatable bonds is 10. The Morgan fingerprint density at radius 1 is 1.24 bits per heavy atom. The lowest BCUT2D eigenvalue weighted by atomic mass is 9.84. The van der Waals surface area contributed by atoms with Crippen molar-refractivity contribution < 1.29 is 4.79 Å². The van der Waals surface area contributed by atoms with Crippen LogP contribution in [0, 0.1) is 0 Å². The van der Waals surface area contributed by atoms with Crippen LogP contribution in [-0.4, -0.2) is 30.0 Å². The molecule has 3 N–H and O–H groups in total. The van der Waals surface area contributed by atoms with E-state index in [2.05, 4.69) is 73.9 Å². The van der Waals surface area contributed by atoms with Crippen molar-refractivity contribution in [1.82, 2.24) is 21.1 Å². The summed E-state index contributed by atoms with van der Waals surface area (Å²) in [4.78, 5) is 13.6. The van der Waals surface area contributed by atoms with Crippen LogP contribution in [0.2, 0.25) is 5.02 Å². The summed E-state index contributed by atoms with van der Waals surface area (Å²) in [5.74, 6) is 0.789. The summed E-state index contributed by atoms with van der Waals surface area (Å²) in [6, 6.07) is 8.33. The number of carbonyl (C=O) groups is 1. The standard InChI is InChI=1S/C28H43ClN4O/c1-8-12-13-22(9-2)19-25-18-20(5)33(30-7)26(31-25)21(6)27(34)32-28(10-3,11-4)23-14-16-24(29)17-15-23/h8-9,12,14-17,20,25,30-31H,10-11,13,18-19H2,1-7H3,(H,32,34)/b12-8-,22-9+,26-21+. The third-order valence-corrected chi connectivity index (χ3v) is 7.33. The molecule has 2 unspecified atom stereocenters. The number of nitrogens with one attached hydrogen (secondary N) is 3. The van der Waals surface area contributed by atoms with Crippen molar-refractivity contribution in [2.45, 2.75) is 91.3 Å². The second-order valence-electron chi connectivity index (χ2n) is 9.17. The molecule has 2 rings (SSSR count). The maximum atomic E-state index is 13.6. The molecule has 0 aliphatic carbocycles. The van der Waals surface area contributed by atoms with E-state index in [9.17, 15) is 4.79 Å². The van der Waals surface area contributed by atoms with E-state index in [0.717, 1.165) is 43.5 Å². The van der Waals surface area contributed by atoms with Crippen LogP contribution in [-0.2, 0) is 10.3 Å². The lowest BCUT2D eigenvalue weighted by molar-refractivity contribution is -0.119. The van der Waals surface area contributed by atoms with Gasteiger partial charge in [-0.15, -0.1) is 0 Å². The topological polar surface area (TPSA) is 56.4 Å². The minimum absolute atomic E-state index is 0.0607. The Hall–Kier alpha value is -2.24. The molecule has 1 aromatic rings. The highest BCUT2D eigenvalue weighted by atomic mass is 35.5. The molecule has 2 atom stereocenters. The fraction of sp³-hybridized carbons (Fsp3) is 0.536. The van der Waals surface area contributed by atoms with Gasteiger partial charge in [0.2, 0.25) is 0 Å². The zero-order valence-electron chi connectivity index (χ0n) is 22.0.